The van der Waals surface area contributed by atoms with Gasteiger partial charge in [0.2, 0.25) is 5.91 Å². The normalized spacial score (nSPS) is 13.7. The Balaban J connectivity index is 2.53. The van der Waals surface area contributed by atoms with Crippen LogP contribution in [0.3, 0.4) is 0 Å². The van der Waals surface area contributed by atoms with Crippen molar-refractivity contribution >= 4 is 5.91 Å². The predicted molar refractivity (Wildman–Crippen MR) is 77.3 cm³/mol. The van der Waals surface area contributed by atoms with Crippen molar-refractivity contribution in [1.29, 1.82) is 0 Å². The average Bonchev–Trinajstić information content (AvgIpc) is 2.37. The Kier molecular flexibility index (Phi) is 5.83. The molecule has 1 rings (SSSR count). The van der Waals surface area contributed by atoms with Gasteiger partial charge < -0.3 is 15.8 Å². The predicted octanol–water partition coefficient (Wildman–Crippen LogP) is 1.65. The highest BCUT2D eigenvalue weighted by atomic mass is 16.5. The summed E-state index contributed by atoms with van der Waals surface area (Å²) < 4.78 is 5.31. The van der Waals surface area contributed by atoms with Gasteiger partial charge >= 0.3 is 0 Å². The number of methoxy groups -OCH3 is 1. The number of nitrogens with two attached hydrogens (primary N) is 1. The molecule has 0 aromatic heterocycles. The van der Waals surface area contributed by atoms with E-state index in [-0.39, 0.29) is 17.9 Å². The SMILES string of the molecule is COc1ccc(C)cc1CCNC(=O)C(C)C(C)N. The molecule has 0 aliphatic heterocycles. The van der Waals surface area contributed by atoms with E-state index in [0.29, 0.717) is 6.54 Å². The molecule has 0 aliphatic rings. The van der Waals surface area contributed by atoms with E-state index >= 15 is 0 Å². The lowest BCUT2D eigenvalue weighted by molar-refractivity contribution is -0.124. The van der Waals surface area contributed by atoms with E-state index in [1.165, 1.54) is 5.56 Å². The molecule has 0 heterocycles. The van der Waals surface area contributed by atoms with E-state index in [4.69, 9.17) is 10.5 Å². The molecule has 4 heteroatoms. The van der Waals surface area contributed by atoms with E-state index in [1.807, 2.05) is 32.9 Å². The number of nitrogens with one attached hydrogen (secondary N) is 1. The number of hydrogen-bond donors (Lipinski definition) is 2. The third-order valence-corrected chi connectivity index (χ3v) is 3.33. The van der Waals surface area contributed by atoms with Gasteiger partial charge in [0.15, 0.2) is 0 Å². The maximum Gasteiger partial charge on any atom is 0.224 e. The summed E-state index contributed by atoms with van der Waals surface area (Å²) in [5.74, 6) is 0.695. The van der Waals surface area contributed by atoms with Crippen molar-refractivity contribution in [1.82, 2.24) is 5.32 Å². The lowest BCUT2D eigenvalue weighted by Crippen LogP contribution is -2.39. The number of rotatable bonds is 6. The van der Waals surface area contributed by atoms with Crippen LogP contribution in [0.25, 0.3) is 0 Å². The summed E-state index contributed by atoms with van der Waals surface area (Å²) >= 11 is 0. The fraction of sp³-hybridized carbons (Fsp3) is 0.533. The number of hydrogen-bond acceptors (Lipinski definition) is 3. The van der Waals surface area contributed by atoms with E-state index in [0.717, 1.165) is 17.7 Å². The molecule has 0 saturated heterocycles. The van der Waals surface area contributed by atoms with Gasteiger partial charge in [-0.15, -0.1) is 0 Å². The summed E-state index contributed by atoms with van der Waals surface area (Å²) in [4.78, 5) is 11.8. The fourth-order valence-electron chi connectivity index (χ4n) is 1.82. The van der Waals surface area contributed by atoms with Crippen LogP contribution < -0.4 is 15.8 Å². The van der Waals surface area contributed by atoms with Crippen LogP contribution in [0, 0.1) is 12.8 Å². The Labute approximate surface area is 115 Å². The van der Waals surface area contributed by atoms with Crippen LogP contribution in [0.5, 0.6) is 5.75 Å². The number of carbonyl (C=O) groups excluding carboxylic acids is 1. The van der Waals surface area contributed by atoms with Crippen LogP contribution in [-0.4, -0.2) is 25.6 Å². The van der Waals surface area contributed by atoms with Crippen LogP contribution in [0.1, 0.15) is 25.0 Å². The third-order valence-electron chi connectivity index (χ3n) is 3.33. The highest BCUT2D eigenvalue weighted by molar-refractivity contribution is 5.78. The monoisotopic (exact) mass is 264 g/mol. The summed E-state index contributed by atoms with van der Waals surface area (Å²) in [6.45, 7) is 6.32. The topological polar surface area (TPSA) is 64.3 Å². The van der Waals surface area contributed by atoms with Gasteiger partial charge in [0.05, 0.1) is 7.11 Å². The molecule has 106 valence electrons. The van der Waals surface area contributed by atoms with Crippen LogP contribution in [0.15, 0.2) is 18.2 Å². The second-order valence-electron chi connectivity index (χ2n) is 5.00. The Morgan fingerprint density at radius 1 is 1.42 bits per heavy atom. The second kappa shape index (κ2) is 7.14. The van der Waals surface area contributed by atoms with Gasteiger partial charge in [-0.05, 0) is 31.9 Å². The zero-order valence-electron chi connectivity index (χ0n) is 12.2. The number of carbonyl (C=O) groups is 1. The first-order valence-electron chi connectivity index (χ1n) is 6.62. The van der Waals surface area contributed by atoms with E-state index < -0.39 is 0 Å². The molecule has 0 bridgehead atoms. The standard InChI is InChI=1S/C15H24N2O2/c1-10-5-6-14(19-4)13(9-10)7-8-17-15(18)11(2)12(3)16/h5-6,9,11-12H,7-8,16H2,1-4H3,(H,17,18). The van der Waals surface area contributed by atoms with Gasteiger partial charge in [-0.1, -0.05) is 24.6 Å². The third kappa shape index (κ3) is 4.56. The van der Waals surface area contributed by atoms with Gasteiger partial charge in [-0.2, -0.15) is 0 Å². The minimum absolute atomic E-state index is 0.00150. The van der Waals surface area contributed by atoms with Crippen molar-refractivity contribution in [2.24, 2.45) is 11.7 Å². The maximum atomic E-state index is 11.8. The van der Waals surface area contributed by atoms with Gasteiger partial charge in [0, 0.05) is 18.5 Å². The number of amides is 1. The molecule has 19 heavy (non-hydrogen) atoms. The highest BCUT2D eigenvalue weighted by Crippen LogP contribution is 2.19. The number of benzene rings is 1. The minimum Gasteiger partial charge on any atom is -0.496 e. The molecule has 1 aromatic rings. The van der Waals surface area contributed by atoms with Gasteiger partial charge in [-0.3, -0.25) is 4.79 Å². The first-order chi connectivity index (χ1) is 8.95. The zero-order chi connectivity index (χ0) is 14.4. The molecule has 0 radical (unpaired) electrons. The summed E-state index contributed by atoms with van der Waals surface area (Å²) in [5, 5.41) is 2.91. The molecule has 0 aliphatic carbocycles. The van der Waals surface area contributed by atoms with Crippen LogP contribution in [-0.2, 0) is 11.2 Å². The van der Waals surface area contributed by atoms with Gasteiger partial charge in [0.1, 0.15) is 5.75 Å². The van der Waals surface area contributed by atoms with Gasteiger partial charge in [0.25, 0.3) is 0 Å². The quantitative estimate of drug-likeness (QED) is 0.821. The molecule has 1 amide bonds. The summed E-state index contributed by atoms with van der Waals surface area (Å²) in [7, 11) is 1.66. The first kappa shape index (κ1) is 15.5. The first-order valence-corrected chi connectivity index (χ1v) is 6.62. The lowest BCUT2D eigenvalue weighted by atomic mass is 10.0. The Hall–Kier alpha value is -1.55. The second-order valence-corrected chi connectivity index (χ2v) is 5.00. The van der Waals surface area contributed by atoms with Crippen molar-refractivity contribution in [3.63, 3.8) is 0 Å². The Bertz CT molecular complexity index is 430. The molecule has 0 fully saturated rings. The molecule has 2 atom stereocenters. The molecule has 0 spiro atoms. The van der Waals surface area contributed by atoms with Crippen molar-refractivity contribution < 1.29 is 9.53 Å². The van der Waals surface area contributed by atoms with Crippen molar-refractivity contribution in [2.75, 3.05) is 13.7 Å². The molecule has 3 N–H and O–H groups in total. The average molecular weight is 264 g/mol. The van der Waals surface area contributed by atoms with E-state index in [9.17, 15) is 4.79 Å². The van der Waals surface area contributed by atoms with Gasteiger partial charge in [-0.25, -0.2) is 0 Å². The highest BCUT2D eigenvalue weighted by Gasteiger charge is 2.16. The number of ether oxygens (including phenoxy) is 1. The Morgan fingerprint density at radius 3 is 2.68 bits per heavy atom. The molecule has 2 unspecified atom stereocenters. The van der Waals surface area contributed by atoms with Crippen LogP contribution in [0.4, 0.5) is 0 Å². The smallest absolute Gasteiger partial charge is 0.224 e. The number of aryl methyl sites for hydroxylation is 1. The molecule has 1 aromatic carbocycles. The van der Waals surface area contributed by atoms with Crippen LogP contribution >= 0.6 is 0 Å². The Morgan fingerprint density at radius 2 is 2.11 bits per heavy atom. The van der Waals surface area contributed by atoms with Crippen molar-refractivity contribution in [3.05, 3.63) is 29.3 Å². The lowest BCUT2D eigenvalue weighted by Gasteiger charge is -2.16. The van der Waals surface area contributed by atoms with Crippen molar-refractivity contribution in [2.45, 2.75) is 33.2 Å². The van der Waals surface area contributed by atoms with E-state index in [2.05, 4.69) is 11.4 Å². The fourth-order valence-corrected chi connectivity index (χ4v) is 1.82. The molecule has 4 nitrogen and oxygen atoms in total. The largest absolute Gasteiger partial charge is 0.496 e. The molecular formula is C15H24N2O2. The molecular weight excluding hydrogens is 240 g/mol. The van der Waals surface area contributed by atoms with E-state index in [1.54, 1.807) is 7.11 Å². The summed E-state index contributed by atoms with van der Waals surface area (Å²) in [6.07, 6.45) is 0.752. The summed E-state index contributed by atoms with van der Waals surface area (Å²) in [6, 6.07) is 5.92. The van der Waals surface area contributed by atoms with Crippen molar-refractivity contribution in [3.8, 4) is 5.75 Å². The summed E-state index contributed by atoms with van der Waals surface area (Å²) in [5.41, 5.74) is 8.00. The van der Waals surface area contributed by atoms with Crippen LogP contribution in [0.2, 0.25) is 0 Å². The zero-order valence-corrected chi connectivity index (χ0v) is 12.2. The molecule has 0 saturated carbocycles. The minimum atomic E-state index is -0.167. The maximum absolute atomic E-state index is 11.8.